The summed E-state index contributed by atoms with van der Waals surface area (Å²) in [6.45, 7) is 10.8. The predicted molar refractivity (Wildman–Crippen MR) is 90.6 cm³/mol. The molecule has 1 aliphatic rings. The molecule has 1 saturated heterocycles. The fourth-order valence-electron chi connectivity index (χ4n) is 3.01. The van der Waals surface area contributed by atoms with E-state index in [1.54, 1.807) is 6.92 Å². The van der Waals surface area contributed by atoms with Crippen molar-refractivity contribution in [2.75, 3.05) is 32.8 Å². The zero-order chi connectivity index (χ0) is 17.0. The SMILES string of the molecule is CC(=O)N1CCN(CC(O)COc2ccccc2C)C(C)(C)C1. The normalized spacial score (nSPS) is 19.4. The largest absolute Gasteiger partial charge is 0.491 e. The number of ether oxygens (including phenoxy) is 1. The molecule has 23 heavy (non-hydrogen) atoms. The lowest BCUT2D eigenvalue weighted by Gasteiger charge is -2.47. The molecule has 2 rings (SSSR count). The van der Waals surface area contributed by atoms with Crippen molar-refractivity contribution < 1.29 is 14.6 Å². The molecule has 0 saturated carbocycles. The van der Waals surface area contributed by atoms with E-state index in [2.05, 4.69) is 18.7 Å². The first-order valence-corrected chi connectivity index (χ1v) is 8.16. The second-order valence-corrected chi connectivity index (χ2v) is 6.93. The van der Waals surface area contributed by atoms with E-state index in [0.29, 0.717) is 19.6 Å². The highest BCUT2D eigenvalue weighted by atomic mass is 16.5. The van der Waals surface area contributed by atoms with Crippen LogP contribution in [0.25, 0.3) is 0 Å². The van der Waals surface area contributed by atoms with Gasteiger partial charge in [0.25, 0.3) is 0 Å². The number of carbonyl (C=O) groups is 1. The highest BCUT2D eigenvalue weighted by molar-refractivity contribution is 5.73. The zero-order valence-corrected chi connectivity index (χ0v) is 14.6. The third-order valence-corrected chi connectivity index (χ3v) is 4.47. The van der Waals surface area contributed by atoms with Crippen LogP contribution in [0.3, 0.4) is 0 Å². The van der Waals surface area contributed by atoms with Gasteiger partial charge in [0.2, 0.25) is 5.91 Å². The number of piperazine rings is 1. The molecule has 5 nitrogen and oxygen atoms in total. The number of β-amino-alcohol motifs (C(OH)–C–C–N with tert-alkyl or cyclic N) is 1. The molecule has 0 aliphatic carbocycles. The molecule has 1 atom stereocenters. The van der Waals surface area contributed by atoms with Crippen LogP contribution < -0.4 is 4.74 Å². The Morgan fingerprint density at radius 2 is 2.04 bits per heavy atom. The molecule has 0 spiro atoms. The lowest BCUT2D eigenvalue weighted by Crippen LogP contribution is -2.61. The van der Waals surface area contributed by atoms with Crippen molar-refractivity contribution in [1.29, 1.82) is 0 Å². The van der Waals surface area contributed by atoms with E-state index >= 15 is 0 Å². The summed E-state index contributed by atoms with van der Waals surface area (Å²) in [5.41, 5.74) is 0.920. The highest BCUT2D eigenvalue weighted by Crippen LogP contribution is 2.22. The van der Waals surface area contributed by atoms with Gasteiger partial charge in [-0.15, -0.1) is 0 Å². The van der Waals surface area contributed by atoms with Crippen LogP contribution in [0.15, 0.2) is 24.3 Å². The van der Waals surface area contributed by atoms with Gasteiger partial charge in [-0.25, -0.2) is 0 Å². The number of aryl methyl sites for hydroxylation is 1. The van der Waals surface area contributed by atoms with Gasteiger partial charge in [0.05, 0.1) is 0 Å². The number of rotatable bonds is 5. The number of para-hydroxylation sites is 1. The minimum absolute atomic E-state index is 0.112. The topological polar surface area (TPSA) is 53.0 Å². The summed E-state index contributed by atoms with van der Waals surface area (Å²) < 4.78 is 5.73. The lowest BCUT2D eigenvalue weighted by atomic mass is 9.98. The summed E-state index contributed by atoms with van der Waals surface area (Å²) in [7, 11) is 0. The van der Waals surface area contributed by atoms with Gasteiger partial charge in [-0.1, -0.05) is 18.2 Å². The highest BCUT2D eigenvalue weighted by Gasteiger charge is 2.35. The van der Waals surface area contributed by atoms with Gasteiger partial charge < -0.3 is 14.7 Å². The van der Waals surface area contributed by atoms with Gasteiger partial charge in [0.1, 0.15) is 18.5 Å². The Morgan fingerprint density at radius 3 is 2.65 bits per heavy atom. The number of benzene rings is 1. The minimum Gasteiger partial charge on any atom is -0.491 e. The Labute approximate surface area is 138 Å². The number of hydrogen-bond donors (Lipinski definition) is 1. The minimum atomic E-state index is -0.558. The van der Waals surface area contributed by atoms with Gasteiger partial charge >= 0.3 is 0 Å². The quantitative estimate of drug-likeness (QED) is 0.897. The van der Waals surface area contributed by atoms with Gasteiger partial charge in [-0.05, 0) is 32.4 Å². The predicted octanol–water partition coefficient (Wildman–Crippen LogP) is 1.68. The van der Waals surface area contributed by atoms with Crippen molar-refractivity contribution in [2.24, 2.45) is 0 Å². The van der Waals surface area contributed by atoms with Crippen molar-refractivity contribution >= 4 is 5.91 Å². The molecule has 1 amide bonds. The molecule has 1 N–H and O–H groups in total. The summed E-state index contributed by atoms with van der Waals surface area (Å²) in [6.07, 6.45) is -0.558. The molecule has 5 heteroatoms. The van der Waals surface area contributed by atoms with Crippen molar-refractivity contribution in [3.05, 3.63) is 29.8 Å². The molecule has 1 fully saturated rings. The fourth-order valence-corrected chi connectivity index (χ4v) is 3.01. The van der Waals surface area contributed by atoms with Crippen LogP contribution in [0, 0.1) is 6.92 Å². The summed E-state index contributed by atoms with van der Waals surface area (Å²) in [6, 6.07) is 7.80. The lowest BCUT2D eigenvalue weighted by molar-refractivity contribution is -0.134. The molecule has 0 bridgehead atoms. The fraction of sp³-hybridized carbons (Fsp3) is 0.611. The van der Waals surface area contributed by atoms with Crippen molar-refractivity contribution in [2.45, 2.75) is 39.3 Å². The molecule has 1 aliphatic heterocycles. The van der Waals surface area contributed by atoms with Crippen LogP contribution in [-0.2, 0) is 4.79 Å². The maximum absolute atomic E-state index is 11.5. The van der Waals surface area contributed by atoms with Crippen LogP contribution >= 0.6 is 0 Å². The Hall–Kier alpha value is -1.59. The Balaban J connectivity index is 1.86. The van der Waals surface area contributed by atoms with E-state index in [4.69, 9.17) is 4.74 Å². The smallest absolute Gasteiger partial charge is 0.219 e. The van der Waals surface area contributed by atoms with E-state index in [0.717, 1.165) is 17.9 Å². The second-order valence-electron chi connectivity index (χ2n) is 6.93. The number of hydrogen-bond acceptors (Lipinski definition) is 4. The molecule has 1 unspecified atom stereocenters. The van der Waals surface area contributed by atoms with E-state index in [1.807, 2.05) is 36.1 Å². The van der Waals surface area contributed by atoms with Gasteiger partial charge in [-0.2, -0.15) is 0 Å². The molecule has 0 aromatic heterocycles. The zero-order valence-electron chi connectivity index (χ0n) is 14.6. The van der Waals surface area contributed by atoms with E-state index in [-0.39, 0.29) is 18.1 Å². The standard InChI is InChI=1S/C18H28N2O3/c1-14-7-5-6-8-17(14)23-12-16(22)11-20-10-9-19(15(2)21)13-18(20,3)4/h5-8,16,22H,9-13H2,1-4H3. The molecule has 128 valence electrons. The van der Waals surface area contributed by atoms with Crippen molar-refractivity contribution in [1.82, 2.24) is 9.80 Å². The maximum Gasteiger partial charge on any atom is 0.219 e. The summed E-state index contributed by atoms with van der Waals surface area (Å²) in [5, 5.41) is 10.3. The first-order chi connectivity index (χ1) is 10.8. The van der Waals surface area contributed by atoms with E-state index < -0.39 is 6.10 Å². The molecule has 0 radical (unpaired) electrons. The molecule has 1 heterocycles. The molecule has 1 aromatic carbocycles. The third kappa shape index (κ3) is 4.69. The van der Waals surface area contributed by atoms with Crippen LogP contribution in [0.2, 0.25) is 0 Å². The molecular weight excluding hydrogens is 292 g/mol. The van der Waals surface area contributed by atoms with Crippen LogP contribution in [0.5, 0.6) is 5.75 Å². The van der Waals surface area contributed by atoms with E-state index in [9.17, 15) is 9.90 Å². The number of amides is 1. The van der Waals surface area contributed by atoms with Crippen LogP contribution in [-0.4, -0.2) is 65.2 Å². The van der Waals surface area contributed by atoms with Gasteiger partial charge in [0, 0.05) is 38.6 Å². The van der Waals surface area contributed by atoms with Crippen LogP contribution in [0.4, 0.5) is 0 Å². The first-order valence-electron chi connectivity index (χ1n) is 8.16. The molecular formula is C18H28N2O3. The average Bonchev–Trinajstić information content (AvgIpc) is 2.48. The molecule has 1 aromatic rings. The van der Waals surface area contributed by atoms with Crippen LogP contribution in [0.1, 0.15) is 26.3 Å². The Kier molecular flexibility index (Phi) is 5.65. The number of carbonyl (C=O) groups excluding carboxylic acids is 1. The average molecular weight is 320 g/mol. The second kappa shape index (κ2) is 7.32. The number of aliphatic hydroxyl groups is 1. The summed E-state index contributed by atoms with van der Waals surface area (Å²) >= 11 is 0. The van der Waals surface area contributed by atoms with E-state index in [1.165, 1.54) is 0 Å². The van der Waals surface area contributed by atoms with Crippen molar-refractivity contribution in [3.8, 4) is 5.75 Å². The van der Waals surface area contributed by atoms with Gasteiger partial charge in [-0.3, -0.25) is 9.69 Å². The number of aliphatic hydroxyl groups excluding tert-OH is 1. The number of nitrogens with zero attached hydrogens (tertiary/aromatic N) is 2. The third-order valence-electron chi connectivity index (χ3n) is 4.47. The first kappa shape index (κ1) is 17.8. The van der Waals surface area contributed by atoms with Gasteiger partial charge in [0.15, 0.2) is 0 Å². The Morgan fingerprint density at radius 1 is 1.35 bits per heavy atom. The maximum atomic E-state index is 11.5. The Bertz CT molecular complexity index is 545. The summed E-state index contributed by atoms with van der Waals surface area (Å²) in [5.74, 6) is 0.924. The summed E-state index contributed by atoms with van der Waals surface area (Å²) in [4.78, 5) is 15.6. The van der Waals surface area contributed by atoms with Crippen molar-refractivity contribution in [3.63, 3.8) is 0 Å². The monoisotopic (exact) mass is 320 g/mol.